The van der Waals surface area contributed by atoms with Gasteiger partial charge >= 0.3 is 6.09 Å². The van der Waals surface area contributed by atoms with E-state index in [9.17, 15) is 19.8 Å². The molecule has 242 valence electrons. The fourth-order valence-electron chi connectivity index (χ4n) is 5.68. The van der Waals surface area contributed by atoms with Crippen LogP contribution in [0.4, 0.5) is 4.79 Å². The smallest absolute Gasteiger partial charge is 0.407 e. The van der Waals surface area contributed by atoms with Gasteiger partial charge in [0.2, 0.25) is 5.91 Å². The largest absolute Gasteiger partial charge is 0.444 e. The maximum atomic E-state index is 14.0. The standard InChI is InChI=1S/C36H46N2O6S/c1-36(2,3)44-35(43)37-30(20-24-9-5-4-6-10-24)31(40)22-28(19-25-13-15-26(16-14-25)23-45-18-17-39)34(42)38-33-29-12-8-7-11-27(29)21-32(33)41/h4-16,28,30-33,39-41H,17-23H2,1-3H3,(H,37,43)(H,38,42). The highest BCUT2D eigenvalue weighted by Gasteiger charge is 2.35. The number of hydrogen-bond donors (Lipinski definition) is 5. The Kier molecular flexibility index (Phi) is 12.5. The topological polar surface area (TPSA) is 128 Å². The highest BCUT2D eigenvalue weighted by Crippen LogP contribution is 2.32. The fraction of sp³-hybridized carbons (Fsp3) is 0.444. The van der Waals surface area contributed by atoms with Crippen molar-refractivity contribution in [2.45, 2.75) is 82.1 Å². The summed E-state index contributed by atoms with van der Waals surface area (Å²) in [6, 6.07) is 24.0. The molecule has 45 heavy (non-hydrogen) atoms. The van der Waals surface area contributed by atoms with Crippen LogP contribution in [0, 0.1) is 5.92 Å². The molecule has 0 aliphatic heterocycles. The van der Waals surface area contributed by atoms with Crippen LogP contribution in [0.25, 0.3) is 0 Å². The molecule has 0 fully saturated rings. The molecule has 0 saturated heterocycles. The Hall–Kier alpha value is -3.37. The van der Waals surface area contributed by atoms with Crippen molar-refractivity contribution >= 4 is 23.8 Å². The van der Waals surface area contributed by atoms with Gasteiger partial charge in [-0.05, 0) is 67.9 Å². The number of fused-ring (bicyclic) bond motifs is 1. The van der Waals surface area contributed by atoms with Crippen molar-refractivity contribution in [3.8, 4) is 0 Å². The average Bonchev–Trinajstić information content (AvgIpc) is 3.31. The predicted molar refractivity (Wildman–Crippen MR) is 178 cm³/mol. The summed E-state index contributed by atoms with van der Waals surface area (Å²) in [4.78, 5) is 26.8. The molecule has 5 N–H and O–H groups in total. The van der Waals surface area contributed by atoms with Gasteiger partial charge in [0.25, 0.3) is 0 Å². The molecular formula is C36H46N2O6S. The van der Waals surface area contributed by atoms with E-state index in [-0.39, 0.29) is 18.9 Å². The third-order valence-corrected chi connectivity index (χ3v) is 8.88. The van der Waals surface area contributed by atoms with Crippen LogP contribution in [-0.2, 0) is 34.5 Å². The van der Waals surface area contributed by atoms with Crippen LogP contribution in [0.5, 0.6) is 0 Å². The van der Waals surface area contributed by atoms with Crippen molar-refractivity contribution < 1.29 is 29.6 Å². The molecule has 0 heterocycles. The summed E-state index contributed by atoms with van der Waals surface area (Å²) >= 11 is 1.65. The van der Waals surface area contributed by atoms with Crippen LogP contribution in [0.2, 0.25) is 0 Å². The number of carbonyl (C=O) groups excluding carboxylic acids is 2. The van der Waals surface area contributed by atoms with E-state index < -0.39 is 41.9 Å². The number of rotatable bonds is 14. The Balaban J connectivity index is 1.55. The van der Waals surface area contributed by atoms with E-state index in [1.54, 1.807) is 32.5 Å². The van der Waals surface area contributed by atoms with E-state index in [1.165, 1.54) is 0 Å². The van der Waals surface area contributed by atoms with Gasteiger partial charge in [-0.3, -0.25) is 4.79 Å². The molecule has 0 radical (unpaired) electrons. The summed E-state index contributed by atoms with van der Waals surface area (Å²) < 4.78 is 5.50. The Bertz CT molecular complexity index is 1380. The normalized spacial score (nSPS) is 18.0. The second kappa shape index (κ2) is 16.3. The Labute approximate surface area is 270 Å². The minimum atomic E-state index is -1.07. The van der Waals surface area contributed by atoms with E-state index in [4.69, 9.17) is 9.84 Å². The van der Waals surface area contributed by atoms with E-state index in [1.807, 2.05) is 78.9 Å². The molecule has 9 heteroatoms. The first-order valence-corrected chi connectivity index (χ1v) is 16.7. The molecular weight excluding hydrogens is 588 g/mol. The van der Waals surface area contributed by atoms with Crippen LogP contribution >= 0.6 is 11.8 Å². The number of hydrogen-bond acceptors (Lipinski definition) is 7. The highest BCUT2D eigenvalue weighted by atomic mass is 32.2. The van der Waals surface area contributed by atoms with E-state index in [0.717, 1.165) is 33.6 Å². The lowest BCUT2D eigenvalue weighted by atomic mass is 9.88. The fourth-order valence-corrected chi connectivity index (χ4v) is 6.38. The number of aliphatic hydroxyl groups is 3. The monoisotopic (exact) mass is 634 g/mol. The Morgan fingerprint density at radius 3 is 2.27 bits per heavy atom. The third kappa shape index (κ3) is 10.6. The minimum absolute atomic E-state index is 0.0810. The molecule has 0 aromatic heterocycles. The van der Waals surface area contributed by atoms with Crippen molar-refractivity contribution in [2.75, 3.05) is 12.4 Å². The van der Waals surface area contributed by atoms with Gasteiger partial charge in [-0.15, -0.1) is 0 Å². The summed E-state index contributed by atoms with van der Waals surface area (Å²) in [5.74, 6) is 0.529. The maximum absolute atomic E-state index is 14.0. The SMILES string of the molecule is CC(C)(C)OC(=O)NC(Cc1ccccc1)C(O)CC(Cc1ccc(CSCCO)cc1)C(=O)NC1c2ccccc2CC1O. The van der Waals surface area contributed by atoms with Gasteiger partial charge in [-0.1, -0.05) is 78.9 Å². The number of aliphatic hydroxyl groups excluding tert-OH is 3. The molecule has 0 saturated carbocycles. The Morgan fingerprint density at radius 2 is 1.58 bits per heavy atom. The van der Waals surface area contributed by atoms with Gasteiger partial charge in [0.15, 0.2) is 0 Å². The lowest BCUT2D eigenvalue weighted by Crippen LogP contribution is -2.48. The average molecular weight is 635 g/mol. The Morgan fingerprint density at radius 1 is 0.933 bits per heavy atom. The van der Waals surface area contributed by atoms with Crippen molar-refractivity contribution in [3.63, 3.8) is 0 Å². The molecule has 3 aromatic carbocycles. The molecule has 2 amide bonds. The summed E-state index contributed by atoms with van der Waals surface area (Å²) in [6.45, 7) is 5.47. The van der Waals surface area contributed by atoms with Crippen molar-refractivity contribution in [1.29, 1.82) is 0 Å². The zero-order chi connectivity index (χ0) is 32.4. The first-order valence-electron chi connectivity index (χ1n) is 15.6. The molecule has 0 spiro atoms. The number of benzene rings is 3. The van der Waals surface area contributed by atoms with Gasteiger partial charge in [0, 0.05) is 23.8 Å². The third-order valence-electron chi connectivity index (χ3n) is 7.87. The number of thioether (sulfide) groups is 1. The molecule has 0 bridgehead atoms. The molecule has 5 unspecified atom stereocenters. The van der Waals surface area contributed by atoms with E-state index in [0.29, 0.717) is 25.0 Å². The molecule has 5 atom stereocenters. The van der Waals surface area contributed by atoms with E-state index in [2.05, 4.69) is 10.6 Å². The number of ether oxygens (including phenoxy) is 1. The number of alkyl carbamates (subject to hydrolysis) is 1. The highest BCUT2D eigenvalue weighted by molar-refractivity contribution is 7.98. The lowest BCUT2D eigenvalue weighted by molar-refractivity contribution is -0.127. The number of nitrogens with one attached hydrogen (secondary N) is 2. The van der Waals surface area contributed by atoms with Crippen molar-refractivity contribution in [1.82, 2.24) is 10.6 Å². The van der Waals surface area contributed by atoms with Crippen LogP contribution in [0.3, 0.4) is 0 Å². The van der Waals surface area contributed by atoms with Gasteiger partial charge in [0.05, 0.1) is 30.9 Å². The van der Waals surface area contributed by atoms with Crippen LogP contribution in [0.15, 0.2) is 78.9 Å². The number of amides is 2. The first kappa shape index (κ1) is 34.5. The summed E-state index contributed by atoms with van der Waals surface area (Å²) in [5.41, 5.74) is 4.18. The quantitative estimate of drug-likeness (QED) is 0.162. The zero-order valence-electron chi connectivity index (χ0n) is 26.3. The predicted octanol–water partition coefficient (Wildman–Crippen LogP) is 4.73. The summed E-state index contributed by atoms with van der Waals surface area (Å²) in [7, 11) is 0. The lowest BCUT2D eigenvalue weighted by Gasteiger charge is -2.30. The van der Waals surface area contributed by atoms with Crippen LogP contribution in [-0.4, -0.2) is 63.5 Å². The first-order chi connectivity index (χ1) is 21.5. The van der Waals surface area contributed by atoms with E-state index >= 15 is 0 Å². The van der Waals surface area contributed by atoms with Gasteiger partial charge < -0.3 is 30.7 Å². The van der Waals surface area contributed by atoms with Crippen molar-refractivity contribution in [3.05, 3.63) is 107 Å². The summed E-state index contributed by atoms with van der Waals surface area (Å²) in [5, 5.41) is 37.5. The van der Waals surface area contributed by atoms with Crippen LogP contribution in [0.1, 0.15) is 61.1 Å². The second-order valence-corrected chi connectivity index (χ2v) is 13.8. The molecule has 4 rings (SSSR count). The molecule has 1 aliphatic carbocycles. The van der Waals surface area contributed by atoms with Gasteiger partial charge in [-0.2, -0.15) is 11.8 Å². The minimum Gasteiger partial charge on any atom is -0.444 e. The van der Waals surface area contributed by atoms with Gasteiger partial charge in [0.1, 0.15) is 5.60 Å². The van der Waals surface area contributed by atoms with Crippen molar-refractivity contribution in [2.24, 2.45) is 5.92 Å². The number of carbonyl (C=O) groups is 2. The molecule has 3 aromatic rings. The molecule has 8 nitrogen and oxygen atoms in total. The summed E-state index contributed by atoms with van der Waals surface area (Å²) in [6.07, 6.45) is -1.19. The zero-order valence-corrected chi connectivity index (χ0v) is 27.1. The maximum Gasteiger partial charge on any atom is 0.407 e. The second-order valence-electron chi connectivity index (χ2n) is 12.7. The van der Waals surface area contributed by atoms with Crippen LogP contribution < -0.4 is 10.6 Å². The van der Waals surface area contributed by atoms with Gasteiger partial charge in [-0.25, -0.2) is 4.79 Å². The molecule has 1 aliphatic rings.